The highest BCUT2D eigenvalue weighted by Crippen LogP contribution is 2.29. The van der Waals surface area contributed by atoms with Crippen LogP contribution in [0, 0.1) is 0 Å². The van der Waals surface area contributed by atoms with E-state index in [2.05, 4.69) is 4.98 Å². The van der Waals surface area contributed by atoms with E-state index in [9.17, 15) is 8.42 Å². The lowest BCUT2D eigenvalue weighted by molar-refractivity contribution is 0.415. The van der Waals surface area contributed by atoms with Gasteiger partial charge in [0.25, 0.3) is 10.0 Å². The van der Waals surface area contributed by atoms with Gasteiger partial charge in [0.15, 0.2) is 0 Å². The number of aromatic amines is 1. The smallest absolute Gasteiger partial charge is 0.268 e. The number of H-pyrrole nitrogens is 1. The summed E-state index contributed by atoms with van der Waals surface area (Å²) in [7, 11) is -2.16. The summed E-state index contributed by atoms with van der Waals surface area (Å²) in [6.07, 6.45) is 3.22. The van der Waals surface area contributed by atoms with Gasteiger partial charge < -0.3 is 9.72 Å². The second-order valence-corrected chi connectivity index (χ2v) is 6.28. The molecule has 0 bridgehead atoms. The number of aromatic nitrogens is 2. The third-order valence-corrected chi connectivity index (χ3v) is 4.86. The highest BCUT2D eigenvalue weighted by atomic mass is 32.2. The molecule has 0 fully saturated rings. The van der Waals surface area contributed by atoms with Gasteiger partial charge in [-0.2, -0.15) is 0 Å². The van der Waals surface area contributed by atoms with Crippen LogP contribution >= 0.6 is 0 Å². The van der Waals surface area contributed by atoms with Crippen molar-refractivity contribution >= 4 is 10.0 Å². The first-order valence-electron chi connectivity index (χ1n) is 6.33. The number of nitrogens with one attached hydrogen (secondary N) is 1. The van der Waals surface area contributed by atoms with E-state index in [1.807, 2.05) is 12.1 Å². The third-order valence-electron chi connectivity index (χ3n) is 3.17. The SMILES string of the molecule is COc1cc(-c2ccc[nH]2)n(S(=O)(=O)c2ccccc2)c1. The standard InChI is InChI=1S/C15H14N2O3S/c1-20-12-10-15(14-8-5-9-16-14)17(11-12)21(18,19)13-6-3-2-4-7-13/h2-11,16H,1H3. The van der Waals surface area contributed by atoms with E-state index < -0.39 is 10.0 Å². The summed E-state index contributed by atoms with van der Waals surface area (Å²) in [5.74, 6) is 0.485. The van der Waals surface area contributed by atoms with Crippen LogP contribution in [0.3, 0.4) is 0 Å². The Morgan fingerprint density at radius 2 is 1.86 bits per heavy atom. The first-order chi connectivity index (χ1) is 10.1. The highest BCUT2D eigenvalue weighted by Gasteiger charge is 2.22. The summed E-state index contributed by atoms with van der Waals surface area (Å²) >= 11 is 0. The second kappa shape index (κ2) is 5.14. The molecule has 5 nitrogen and oxygen atoms in total. The minimum Gasteiger partial charge on any atom is -0.495 e. The minimum atomic E-state index is -3.67. The summed E-state index contributed by atoms with van der Waals surface area (Å²) in [6, 6.07) is 13.6. The Morgan fingerprint density at radius 3 is 2.48 bits per heavy atom. The van der Waals surface area contributed by atoms with E-state index in [4.69, 9.17) is 4.74 Å². The Hall–Kier alpha value is -2.47. The maximum atomic E-state index is 12.8. The molecule has 3 rings (SSSR count). The van der Waals surface area contributed by atoms with Gasteiger partial charge in [-0.3, -0.25) is 0 Å². The molecule has 0 saturated heterocycles. The molecule has 3 aromatic rings. The van der Waals surface area contributed by atoms with Gasteiger partial charge in [-0.25, -0.2) is 12.4 Å². The number of methoxy groups -OCH3 is 1. The molecule has 0 spiro atoms. The number of rotatable bonds is 4. The molecule has 2 aromatic heterocycles. The fourth-order valence-electron chi connectivity index (χ4n) is 2.12. The van der Waals surface area contributed by atoms with Crippen molar-refractivity contribution in [2.75, 3.05) is 7.11 Å². The second-order valence-electron chi connectivity index (χ2n) is 4.46. The molecule has 1 N–H and O–H groups in total. The van der Waals surface area contributed by atoms with Crippen LogP contribution in [0.2, 0.25) is 0 Å². The monoisotopic (exact) mass is 302 g/mol. The highest BCUT2D eigenvalue weighted by molar-refractivity contribution is 7.90. The fraction of sp³-hybridized carbons (Fsp3) is 0.0667. The van der Waals surface area contributed by atoms with Crippen LogP contribution in [0.4, 0.5) is 0 Å². The van der Waals surface area contributed by atoms with E-state index >= 15 is 0 Å². The van der Waals surface area contributed by atoms with Crippen molar-refractivity contribution in [3.05, 3.63) is 60.9 Å². The van der Waals surface area contributed by atoms with E-state index in [1.165, 1.54) is 17.3 Å². The Balaban J connectivity index is 2.21. The lowest BCUT2D eigenvalue weighted by Crippen LogP contribution is -2.13. The van der Waals surface area contributed by atoms with Gasteiger partial charge in [-0.1, -0.05) is 18.2 Å². The number of nitrogens with zero attached hydrogens (tertiary/aromatic N) is 1. The Labute approximate surface area is 122 Å². The summed E-state index contributed by atoms with van der Waals surface area (Å²) < 4.78 is 31.9. The zero-order valence-corrected chi connectivity index (χ0v) is 12.2. The first-order valence-corrected chi connectivity index (χ1v) is 7.77. The van der Waals surface area contributed by atoms with Crippen molar-refractivity contribution in [2.24, 2.45) is 0 Å². The fourth-order valence-corrected chi connectivity index (χ4v) is 3.50. The molecule has 0 radical (unpaired) electrons. The summed E-state index contributed by atoms with van der Waals surface area (Å²) in [5, 5.41) is 0. The zero-order chi connectivity index (χ0) is 14.9. The Kier molecular flexibility index (Phi) is 3.31. The maximum absolute atomic E-state index is 12.8. The molecule has 0 amide bonds. The van der Waals surface area contributed by atoms with Gasteiger partial charge in [0.05, 0.1) is 29.6 Å². The predicted octanol–water partition coefficient (Wildman–Crippen LogP) is 2.73. The molecule has 2 heterocycles. The molecule has 0 unspecified atom stereocenters. The summed E-state index contributed by atoms with van der Waals surface area (Å²) in [5.41, 5.74) is 1.23. The number of hydrogen-bond acceptors (Lipinski definition) is 3. The summed E-state index contributed by atoms with van der Waals surface area (Å²) in [6.45, 7) is 0. The average Bonchev–Trinajstić information content (AvgIpc) is 3.17. The molecule has 0 aliphatic heterocycles. The average molecular weight is 302 g/mol. The largest absolute Gasteiger partial charge is 0.495 e. The number of benzene rings is 1. The molecular formula is C15H14N2O3S. The van der Waals surface area contributed by atoms with Crippen molar-refractivity contribution < 1.29 is 13.2 Å². The van der Waals surface area contributed by atoms with Crippen LogP contribution in [0.1, 0.15) is 0 Å². The van der Waals surface area contributed by atoms with Gasteiger partial charge in [0, 0.05) is 12.3 Å². The molecule has 0 saturated carbocycles. The lowest BCUT2D eigenvalue weighted by atomic mass is 10.3. The van der Waals surface area contributed by atoms with E-state index in [0.717, 1.165) is 0 Å². The third kappa shape index (κ3) is 2.34. The zero-order valence-electron chi connectivity index (χ0n) is 11.4. The molecule has 0 atom stereocenters. The van der Waals surface area contributed by atoms with Crippen LogP contribution in [0.15, 0.2) is 65.8 Å². The van der Waals surface area contributed by atoms with E-state index in [0.29, 0.717) is 17.1 Å². The van der Waals surface area contributed by atoms with Gasteiger partial charge in [-0.15, -0.1) is 0 Å². The normalized spacial score (nSPS) is 11.5. The van der Waals surface area contributed by atoms with Crippen LogP contribution < -0.4 is 4.74 Å². The maximum Gasteiger partial charge on any atom is 0.268 e. The van der Waals surface area contributed by atoms with Gasteiger partial charge >= 0.3 is 0 Å². The van der Waals surface area contributed by atoms with Crippen molar-refractivity contribution in [3.63, 3.8) is 0 Å². The molecular weight excluding hydrogens is 288 g/mol. The molecule has 21 heavy (non-hydrogen) atoms. The lowest BCUT2D eigenvalue weighted by Gasteiger charge is -2.09. The van der Waals surface area contributed by atoms with Crippen LogP contribution in [-0.2, 0) is 10.0 Å². The van der Waals surface area contributed by atoms with Crippen LogP contribution in [-0.4, -0.2) is 24.5 Å². The Bertz CT molecular complexity index is 834. The molecule has 6 heteroatoms. The number of ether oxygens (including phenoxy) is 1. The molecule has 1 aromatic carbocycles. The Morgan fingerprint density at radius 1 is 1.10 bits per heavy atom. The topological polar surface area (TPSA) is 64.1 Å². The predicted molar refractivity (Wildman–Crippen MR) is 79.8 cm³/mol. The van der Waals surface area contributed by atoms with Crippen LogP contribution in [0.5, 0.6) is 5.75 Å². The molecule has 0 aliphatic rings. The summed E-state index contributed by atoms with van der Waals surface area (Å²) in [4.78, 5) is 3.25. The first kappa shape index (κ1) is 13.5. The van der Waals surface area contributed by atoms with Crippen molar-refractivity contribution in [2.45, 2.75) is 4.90 Å². The molecule has 108 valence electrons. The molecule has 0 aliphatic carbocycles. The van der Waals surface area contributed by atoms with Crippen molar-refractivity contribution in [1.29, 1.82) is 0 Å². The quantitative estimate of drug-likeness (QED) is 0.806. The van der Waals surface area contributed by atoms with Crippen molar-refractivity contribution in [3.8, 4) is 17.1 Å². The van der Waals surface area contributed by atoms with Gasteiger partial charge in [-0.05, 0) is 24.3 Å². The van der Waals surface area contributed by atoms with Gasteiger partial charge in [0.1, 0.15) is 5.75 Å². The van der Waals surface area contributed by atoms with Gasteiger partial charge in [0.2, 0.25) is 0 Å². The minimum absolute atomic E-state index is 0.232. The van der Waals surface area contributed by atoms with Crippen LogP contribution in [0.25, 0.3) is 11.4 Å². The van der Waals surface area contributed by atoms with E-state index in [-0.39, 0.29) is 4.90 Å². The number of hydrogen-bond donors (Lipinski definition) is 1. The van der Waals surface area contributed by atoms with Crippen molar-refractivity contribution in [1.82, 2.24) is 8.96 Å². The van der Waals surface area contributed by atoms with E-state index in [1.54, 1.807) is 42.6 Å².